The highest BCUT2D eigenvalue weighted by Gasteiger charge is 2.09. The van der Waals surface area contributed by atoms with Gasteiger partial charge < -0.3 is 20.3 Å². The van der Waals surface area contributed by atoms with Crippen LogP contribution >= 0.6 is 0 Å². The van der Waals surface area contributed by atoms with Crippen LogP contribution in [0.25, 0.3) is 22.2 Å². The molecule has 4 N–H and O–H groups in total. The summed E-state index contributed by atoms with van der Waals surface area (Å²) in [6.07, 6.45) is 0. The van der Waals surface area contributed by atoms with Crippen LogP contribution in [0.1, 0.15) is 0 Å². The second-order valence-corrected chi connectivity index (χ2v) is 4.45. The molecule has 5 nitrogen and oxygen atoms in total. The quantitative estimate of drug-likeness (QED) is 0.510. The number of pyridine rings is 1. The smallest absolute Gasteiger partial charge is 0.193 e. The molecule has 1 aromatic heterocycles. The van der Waals surface area contributed by atoms with E-state index in [4.69, 9.17) is 0 Å². The number of hydrogen-bond acceptors (Lipinski definition) is 4. The molecule has 0 radical (unpaired) electrons. The van der Waals surface area contributed by atoms with Gasteiger partial charge in [0.1, 0.15) is 5.75 Å². The van der Waals surface area contributed by atoms with Gasteiger partial charge in [0.15, 0.2) is 16.9 Å². The van der Waals surface area contributed by atoms with E-state index in [0.29, 0.717) is 16.8 Å². The number of phenols is 3. The molecule has 1 heterocycles. The van der Waals surface area contributed by atoms with Gasteiger partial charge >= 0.3 is 0 Å². The number of aromatic hydroxyl groups is 3. The molecule has 0 fully saturated rings. The third-order valence-corrected chi connectivity index (χ3v) is 3.12. The van der Waals surface area contributed by atoms with Gasteiger partial charge in [-0.25, -0.2) is 0 Å². The lowest BCUT2D eigenvalue weighted by Gasteiger charge is -2.07. The molecular formula is C15H11NO4. The van der Waals surface area contributed by atoms with Crippen LogP contribution in [0.2, 0.25) is 0 Å². The summed E-state index contributed by atoms with van der Waals surface area (Å²) in [6.45, 7) is 0. The van der Waals surface area contributed by atoms with Crippen molar-refractivity contribution >= 4 is 10.9 Å². The van der Waals surface area contributed by atoms with Crippen molar-refractivity contribution in [2.24, 2.45) is 0 Å². The molecule has 0 unspecified atom stereocenters. The van der Waals surface area contributed by atoms with E-state index in [1.807, 2.05) is 0 Å². The van der Waals surface area contributed by atoms with E-state index < -0.39 is 0 Å². The normalized spacial score (nSPS) is 10.8. The number of hydrogen-bond donors (Lipinski definition) is 4. The SMILES string of the molecule is O=c1cc(-c2ccc(O)c(O)c2)[nH]c2cccc(O)c12. The highest BCUT2D eigenvalue weighted by atomic mass is 16.3. The van der Waals surface area contributed by atoms with Gasteiger partial charge in [-0.05, 0) is 30.3 Å². The lowest BCUT2D eigenvalue weighted by Crippen LogP contribution is -2.03. The molecule has 0 saturated carbocycles. The van der Waals surface area contributed by atoms with Gasteiger partial charge in [0.2, 0.25) is 0 Å². The number of aromatic amines is 1. The Balaban J connectivity index is 2.27. The Kier molecular flexibility index (Phi) is 2.61. The second-order valence-electron chi connectivity index (χ2n) is 4.45. The lowest BCUT2D eigenvalue weighted by molar-refractivity contribution is 0.404. The summed E-state index contributed by atoms with van der Waals surface area (Å²) in [5, 5.41) is 28.7. The Morgan fingerprint density at radius 2 is 1.65 bits per heavy atom. The van der Waals surface area contributed by atoms with E-state index >= 15 is 0 Å². The van der Waals surface area contributed by atoms with E-state index in [2.05, 4.69) is 4.98 Å². The first-order valence-electron chi connectivity index (χ1n) is 5.93. The minimum absolute atomic E-state index is 0.0798. The van der Waals surface area contributed by atoms with E-state index in [1.54, 1.807) is 18.2 Å². The van der Waals surface area contributed by atoms with Gasteiger partial charge in [-0.15, -0.1) is 0 Å². The Hall–Kier alpha value is -2.95. The Bertz CT molecular complexity index is 867. The molecule has 0 amide bonds. The van der Waals surface area contributed by atoms with Gasteiger partial charge in [0, 0.05) is 17.3 Å². The molecule has 2 aromatic carbocycles. The molecule has 3 aromatic rings. The first-order chi connectivity index (χ1) is 9.56. The molecule has 5 heteroatoms. The fraction of sp³-hybridized carbons (Fsp3) is 0. The van der Waals surface area contributed by atoms with Crippen molar-refractivity contribution in [3.8, 4) is 28.5 Å². The summed E-state index contributed by atoms with van der Waals surface area (Å²) in [5.74, 6) is -0.572. The van der Waals surface area contributed by atoms with Crippen LogP contribution in [0.4, 0.5) is 0 Å². The average molecular weight is 269 g/mol. The van der Waals surface area contributed by atoms with E-state index in [0.717, 1.165) is 0 Å². The van der Waals surface area contributed by atoms with Crippen molar-refractivity contribution in [2.45, 2.75) is 0 Å². The zero-order valence-electron chi connectivity index (χ0n) is 10.3. The summed E-state index contributed by atoms with van der Waals surface area (Å²) < 4.78 is 0. The number of fused-ring (bicyclic) bond motifs is 1. The summed E-state index contributed by atoms with van der Waals surface area (Å²) in [6, 6.07) is 10.4. The summed E-state index contributed by atoms with van der Waals surface area (Å²) in [5.41, 5.74) is 1.23. The Morgan fingerprint density at radius 3 is 2.40 bits per heavy atom. The molecule has 0 aliphatic carbocycles. The highest BCUT2D eigenvalue weighted by Crippen LogP contribution is 2.30. The topological polar surface area (TPSA) is 93.5 Å². The van der Waals surface area contributed by atoms with Gasteiger partial charge in [-0.3, -0.25) is 4.79 Å². The van der Waals surface area contributed by atoms with Crippen molar-refractivity contribution in [1.82, 2.24) is 4.98 Å². The highest BCUT2D eigenvalue weighted by molar-refractivity contribution is 5.86. The number of nitrogens with one attached hydrogen (secondary N) is 1. The predicted octanol–water partition coefficient (Wildman–Crippen LogP) is 2.31. The molecule has 3 rings (SSSR count). The van der Waals surface area contributed by atoms with Gasteiger partial charge in [0.25, 0.3) is 0 Å². The molecule has 100 valence electrons. The zero-order valence-corrected chi connectivity index (χ0v) is 10.3. The van der Waals surface area contributed by atoms with Crippen LogP contribution in [0.15, 0.2) is 47.3 Å². The molecule has 0 aliphatic heterocycles. The van der Waals surface area contributed by atoms with Crippen LogP contribution in [-0.2, 0) is 0 Å². The predicted molar refractivity (Wildman–Crippen MR) is 75.0 cm³/mol. The summed E-state index contributed by atoms with van der Waals surface area (Å²) in [7, 11) is 0. The van der Waals surface area contributed by atoms with Crippen LogP contribution < -0.4 is 5.43 Å². The molecule has 0 aliphatic rings. The molecule has 0 atom stereocenters. The van der Waals surface area contributed by atoms with E-state index in [9.17, 15) is 20.1 Å². The average Bonchev–Trinajstić information content (AvgIpc) is 2.41. The first-order valence-corrected chi connectivity index (χ1v) is 5.93. The maximum atomic E-state index is 12.1. The molecular weight excluding hydrogens is 258 g/mol. The molecule has 0 bridgehead atoms. The van der Waals surface area contributed by atoms with Gasteiger partial charge in [0.05, 0.1) is 10.9 Å². The fourth-order valence-electron chi connectivity index (χ4n) is 2.13. The molecule has 0 spiro atoms. The van der Waals surface area contributed by atoms with Crippen molar-refractivity contribution in [1.29, 1.82) is 0 Å². The Labute approximate surface area is 113 Å². The number of H-pyrrole nitrogens is 1. The number of aromatic nitrogens is 1. The molecule has 0 saturated heterocycles. The van der Waals surface area contributed by atoms with Crippen LogP contribution in [-0.4, -0.2) is 20.3 Å². The van der Waals surface area contributed by atoms with Crippen molar-refractivity contribution in [3.63, 3.8) is 0 Å². The van der Waals surface area contributed by atoms with E-state index in [-0.39, 0.29) is 28.1 Å². The summed E-state index contributed by atoms with van der Waals surface area (Å²) >= 11 is 0. The van der Waals surface area contributed by atoms with Crippen molar-refractivity contribution in [2.75, 3.05) is 0 Å². The minimum atomic E-state index is -0.320. The van der Waals surface area contributed by atoms with Crippen LogP contribution in [0.3, 0.4) is 0 Å². The van der Waals surface area contributed by atoms with Gasteiger partial charge in [-0.2, -0.15) is 0 Å². The number of phenolic OH excluding ortho intramolecular Hbond substituents is 3. The van der Waals surface area contributed by atoms with E-state index in [1.165, 1.54) is 24.3 Å². The number of rotatable bonds is 1. The third-order valence-electron chi connectivity index (χ3n) is 3.12. The number of benzene rings is 2. The van der Waals surface area contributed by atoms with Gasteiger partial charge in [-0.1, -0.05) is 6.07 Å². The fourth-order valence-corrected chi connectivity index (χ4v) is 2.13. The van der Waals surface area contributed by atoms with Crippen molar-refractivity contribution < 1.29 is 15.3 Å². The van der Waals surface area contributed by atoms with Crippen molar-refractivity contribution in [3.05, 3.63) is 52.7 Å². The maximum Gasteiger partial charge on any atom is 0.193 e. The monoisotopic (exact) mass is 269 g/mol. The maximum absolute atomic E-state index is 12.1. The van der Waals surface area contributed by atoms with Crippen LogP contribution in [0.5, 0.6) is 17.2 Å². The third kappa shape index (κ3) is 1.85. The summed E-state index contributed by atoms with van der Waals surface area (Å²) in [4.78, 5) is 15.1. The Morgan fingerprint density at radius 1 is 0.850 bits per heavy atom. The molecule has 20 heavy (non-hydrogen) atoms. The largest absolute Gasteiger partial charge is 0.507 e. The second kappa shape index (κ2) is 4.31. The van der Waals surface area contributed by atoms with Crippen LogP contribution in [0, 0.1) is 0 Å². The lowest BCUT2D eigenvalue weighted by atomic mass is 10.1. The zero-order chi connectivity index (χ0) is 14.3. The first kappa shape index (κ1) is 12.1. The minimum Gasteiger partial charge on any atom is -0.507 e. The standard InChI is InChI=1S/C15H11NO4/c17-11-5-4-8(6-13(11)19)10-7-14(20)15-9(16-10)2-1-3-12(15)18/h1-7,17-19H,(H,16,20).